The summed E-state index contributed by atoms with van der Waals surface area (Å²) in [6.45, 7) is 7.59. The normalized spacial score (nSPS) is 15.9. The summed E-state index contributed by atoms with van der Waals surface area (Å²) in [5.41, 5.74) is 5.43. The van der Waals surface area contributed by atoms with E-state index in [4.69, 9.17) is 10.5 Å². The highest BCUT2D eigenvalue weighted by molar-refractivity contribution is 4.86. The first-order valence-electron chi connectivity index (χ1n) is 3.73. The van der Waals surface area contributed by atoms with Crippen LogP contribution in [0.1, 0.15) is 6.92 Å². The van der Waals surface area contributed by atoms with Gasteiger partial charge in [-0.25, -0.2) is 0 Å². The second-order valence-corrected chi connectivity index (χ2v) is 2.87. The second-order valence-electron chi connectivity index (χ2n) is 2.87. The maximum absolute atomic E-state index is 5.56. The predicted molar refractivity (Wildman–Crippen MR) is 47.5 cm³/mol. The molecule has 11 heavy (non-hydrogen) atoms. The fourth-order valence-corrected chi connectivity index (χ4v) is 0.819. The molecule has 0 aromatic carbocycles. The van der Waals surface area contributed by atoms with Crippen molar-refractivity contribution in [2.24, 2.45) is 5.73 Å². The number of ether oxygens (including phenoxy) is 1. The van der Waals surface area contributed by atoms with Gasteiger partial charge in [0.15, 0.2) is 0 Å². The Morgan fingerprint density at radius 3 is 2.73 bits per heavy atom. The second kappa shape index (κ2) is 5.29. The molecule has 3 nitrogen and oxygen atoms in total. The standard InChI is InChI=1S/C8H18N2O/c1-4-5-10-8(2,6-9)7-11-3/h4,10H,1,5-7,9H2,2-3H3. The van der Waals surface area contributed by atoms with Crippen LogP contribution in [0.3, 0.4) is 0 Å². The number of nitrogens with one attached hydrogen (secondary N) is 1. The molecule has 0 rings (SSSR count). The van der Waals surface area contributed by atoms with E-state index in [9.17, 15) is 0 Å². The van der Waals surface area contributed by atoms with Crippen molar-refractivity contribution in [1.82, 2.24) is 5.32 Å². The van der Waals surface area contributed by atoms with Crippen LogP contribution in [0, 0.1) is 0 Å². The summed E-state index contributed by atoms with van der Waals surface area (Å²) in [6, 6.07) is 0. The molecule has 66 valence electrons. The van der Waals surface area contributed by atoms with E-state index < -0.39 is 0 Å². The van der Waals surface area contributed by atoms with Crippen LogP contribution >= 0.6 is 0 Å². The van der Waals surface area contributed by atoms with Crippen molar-refractivity contribution in [1.29, 1.82) is 0 Å². The highest BCUT2D eigenvalue weighted by atomic mass is 16.5. The molecule has 3 heteroatoms. The summed E-state index contributed by atoms with van der Waals surface area (Å²) in [4.78, 5) is 0. The zero-order valence-electron chi connectivity index (χ0n) is 7.39. The minimum atomic E-state index is -0.122. The fourth-order valence-electron chi connectivity index (χ4n) is 0.819. The largest absolute Gasteiger partial charge is 0.383 e. The van der Waals surface area contributed by atoms with Gasteiger partial charge in [0, 0.05) is 20.2 Å². The van der Waals surface area contributed by atoms with E-state index in [1.165, 1.54) is 0 Å². The summed E-state index contributed by atoms with van der Waals surface area (Å²) < 4.78 is 5.02. The summed E-state index contributed by atoms with van der Waals surface area (Å²) in [6.07, 6.45) is 1.81. The third kappa shape index (κ3) is 4.14. The van der Waals surface area contributed by atoms with E-state index in [1.54, 1.807) is 7.11 Å². The van der Waals surface area contributed by atoms with Gasteiger partial charge in [-0.15, -0.1) is 6.58 Å². The first kappa shape index (κ1) is 10.6. The monoisotopic (exact) mass is 158 g/mol. The summed E-state index contributed by atoms with van der Waals surface area (Å²) in [7, 11) is 1.67. The van der Waals surface area contributed by atoms with Crippen LogP contribution in [-0.4, -0.2) is 32.3 Å². The Morgan fingerprint density at radius 2 is 2.36 bits per heavy atom. The molecule has 0 saturated carbocycles. The van der Waals surface area contributed by atoms with Crippen molar-refractivity contribution in [2.45, 2.75) is 12.5 Å². The van der Waals surface area contributed by atoms with E-state index in [1.807, 2.05) is 13.0 Å². The Balaban J connectivity index is 3.76. The molecule has 0 aliphatic rings. The molecule has 0 heterocycles. The molecule has 0 bridgehead atoms. The molecule has 0 saturated heterocycles. The Morgan fingerprint density at radius 1 is 1.73 bits per heavy atom. The van der Waals surface area contributed by atoms with Gasteiger partial charge in [0.05, 0.1) is 12.1 Å². The number of nitrogens with two attached hydrogens (primary N) is 1. The van der Waals surface area contributed by atoms with Crippen LogP contribution in [0.4, 0.5) is 0 Å². The Bertz CT molecular complexity index is 117. The van der Waals surface area contributed by atoms with Gasteiger partial charge in [0.2, 0.25) is 0 Å². The molecule has 0 spiro atoms. The highest BCUT2D eigenvalue weighted by Crippen LogP contribution is 2.00. The van der Waals surface area contributed by atoms with E-state index in [0.717, 1.165) is 6.54 Å². The van der Waals surface area contributed by atoms with Crippen LogP contribution in [0.25, 0.3) is 0 Å². The maximum atomic E-state index is 5.56. The van der Waals surface area contributed by atoms with Crippen molar-refractivity contribution in [3.8, 4) is 0 Å². The molecule has 0 fully saturated rings. The van der Waals surface area contributed by atoms with Crippen molar-refractivity contribution >= 4 is 0 Å². The highest BCUT2D eigenvalue weighted by Gasteiger charge is 2.20. The van der Waals surface area contributed by atoms with Gasteiger partial charge < -0.3 is 15.8 Å². The molecular formula is C8H18N2O. The van der Waals surface area contributed by atoms with Gasteiger partial charge in [-0.2, -0.15) is 0 Å². The number of hydrogen-bond donors (Lipinski definition) is 2. The zero-order valence-corrected chi connectivity index (χ0v) is 7.39. The molecule has 0 aliphatic heterocycles. The zero-order chi connectivity index (χ0) is 8.74. The SMILES string of the molecule is C=CCNC(C)(CN)COC. The van der Waals surface area contributed by atoms with E-state index in [2.05, 4.69) is 11.9 Å². The summed E-state index contributed by atoms with van der Waals surface area (Å²) in [5, 5.41) is 3.23. The van der Waals surface area contributed by atoms with E-state index in [0.29, 0.717) is 13.2 Å². The van der Waals surface area contributed by atoms with Crippen molar-refractivity contribution in [3.05, 3.63) is 12.7 Å². The maximum Gasteiger partial charge on any atom is 0.0654 e. The first-order valence-corrected chi connectivity index (χ1v) is 3.73. The van der Waals surface area contributed by atoms with Crippen LogP contribution < -0.4 is 11.1 Å². The average molecular weight is 158 g/mol. The smallest absolute Gasteiger partial charge is 0.0654 e. The van der Waals surface area contributed by atoms with Crippen LogP contribution in [-0.2, 0) is 4.74 Å². The molecule has 3 N–H and O–H groups in total. The lowest BCUT2D eigenvalue weighted by Gasteiger charge is -2.27. The van der Waals surface area contributed by atoms with Gasteiger partial charge in [0.25, 0.3) is 0 Å². The third-order valence-electron chi connectivity index (χ3n) is 1.59. The van der Waals surface area contributed by atoms with Crippen LogP contribution in [0.2, 0.25) is 0 Å². The minimum absolute atomic E-state index is 0.122. The van der Waals surface area contributed by atoms with Crippen molar-refractivity contribution in [3.63, 3.8) is 0 Å². The fraction of sp³-hybridized carbons (Fsp3) is 0.750. The van der Waals surface area contributed by atoms with Gasteiger partial charge in [-0.3, -0.25) is 0 Å². The van der Waals surface area contributed by atoms with Gasteiger partial charge in [-0.05, 0) is 6.92 Å². The molecular weight excluding hydrogens is 140 g/mol. The quantitative estimate of drug-likeness (QED) is 0.540. The summed E-state index contributed by atoms with van der Waals surface area (Å²) >= 11 is 0. The number of methoxy groups -OCH3 is 1. The molecule has 1 unspecified atom stereocenters. The lowest BCUT2D eigenvalue weighted by Crippen LogP contribution is -2.52. The molecule has 0 aromatic rings. The topological polar surface area (TPSA) is 47.3 Å². The van der Waals surface area contributed by atoms with Crippen LogP contribution in [0.5, 0.6) is 0 Å². The van der Waals surface area contributed by atoms with Gasteiger partial charge in [0.1, 0.15) is 0 Å². The molecule has 0 radical (unpaired) electrons. The minimum Gasteiger partial charge on any atom is -0.383 e. The molecule has 0 aromatic heterocycles. The molecule has 0 amide bonds. The number of hydrogen-bond acceptors (Lipinski definition) is 3. The van der Waals surface area contributed by atoms with Crippen LogP contribution in [0.15, 0.2) is 12.7 Å². The third-order valence-corrected chi connectivity index (χ3v) is 1.59. The Kier molecular flexibility index (Phi) is 5.11. The lowest BCUT2D eigenvalue weighted by atomic mass is 10.0. The Labute approximate surface area is 68.6 Å². The van der Waals surface area contributed by atoms with E-state index >= 15 is 0 Å². The average Bonchev–Trinajstić information content (AvgIpc) is 2.02. The molecule has 1 atom stereocenters. The van der Waals surface area contributed by atoms with Crippen molar-refractivity contribution in [2.75, 3.05) is 26.8 Å². The lowest BCUT2D eigenvalue weighted by molar-refractivity contribution is 0.125. The first-order chi connectivity index (χ1) is 5.18. The van der Waals surface area contributed by atoms with Gasteiger partial charge in [-0.1, -0.05) is 6.08 Å². The Hall–Kier alpha value is -0.380. The summed E-state index contributed by atoms with van der Waals surface area (Å²) in [5.74, 6) is 0. The van der Waals surface area contributed by atoms with Gasteiger partial charge >= 0.3 is 0 Å². The number of rotatable bonds is 6. The molecule has 0 aliphatic carbocycles. The predicted octanol–water partition coefficient (Wildman–Crippen LogP) is 0.126. The van der Waals surface area contributed by atoms with E-state index in [-0.39, 0.29) is 5.54 Å². The van der Waals surface area contributed by atoms with Crippen molar-refractivity contribution < 1.29 is 4.74 Å².